The molecule has 28 heavy (non-hydrogen) atoms. The number of nitrogens with zero attached hydrogens (tertiary/aromatic N) is 7. The number of likely N-dealkylation sites (tertiary alicyclic amines) is 1. The maximum atomic E-state index is 5.33. The van der Waals surface area contributed by atoms with Gasteiger partial charge < -0.3 is 9.32 Å². The average molecular weight is 379 g/mol. The van der Waals surface area contributed by atoms with Crippen molar-refractivity contribution in [1.82, 2.24) is 29.6 Å². The molecule has 0 spiro atoms. The molecule has 0 radical (unpaired) electrons. The fourth-order valence-corrected chi connectivity index (χ4v) is 4.59. The molecule has 3 aromatic rings. The van der Waals surface area contributed by atoms with Crippen LogP contribution in [0.25, 0.3) is 5.82 Å². The zero-order valence-corrected chi connectivity index (χ0v) is 16.5. The van der Waals surface area contributed by atoms with Crippen molar-refractivity contribution in [1.29, 1.82) is 0 Å². The van der Waals surface area contributed by atoms with Crippen molar-refractivity contribution in [3.8, 4) is 5.82 Å². The Labute approximate surface area is 164 Å². The highest BCUT2D eigenvalue weighted by atomic mass is 16.3. The summed E-state index contributed by atoms with van der Waals surface area (Å²) in [6.07, 6.45) is 3.19. The van der Waals surface area contributed by atoms with Gasteiger partial charge in [-0.2, -0.15) is 5.10 Å². The zero-order valence-electron chi connectivity index (χ0n) is 16.5. The summed E-state index contributed by atoms with van der Waals surface area (Å²) in [4.78, 5) is 18.2. The smallest absolute Gasteiger partial charge is 0.181 e. The highest BCUT2D eigenvalue weighted by Gasteiger charge is 2.40. The lowest BCUT2D eigenvalue weighted by Gasteiger charge is -2.22. The summed E-state index contributed by atoms with van der Waals surface area (Å²) in [5.41, 5.74) is 3.14. The first-order valence-electron chi connectivity index (χ1n) is 9.79. The number of oxazole rings is 1. The number of fused-ring (bicyclic) bond motifs is 1. The minimum absolute atomic E-state index is 0.666. The molecule has 3 aromatic heterocycles. The molecule has 8 nitrogen and oxygen atoms in total. The van der Waals surface area contributed by atoms with Crippen molar-refractivity contribution in [2.75, 3.05) is 31.1 Å². The Hall–Kier alpha value is -2.74. The van der Waals surface area contributed by atoms with Crippen LogP contribution >= 0.6 is 0 Å². The molecule has 8 heteroatoms. The summed E-state index contributed by atoms with van der Waals surface area (Å²) in [6.45, 7) is 11.2. The molecule has 5 heterocycles. The van der Waals surface area contributed by atoms with E-state index in [1.807, 2.05) is 25.5 Å². The molecule has 0 saturated carbocycles. The van der Waals surface area contributed by atoms with Gasteiger partial charge in [-0.15, -0.1) is 0 Å². The van der Waals surface area contributed by atoms with E-state index >= 15 is 0 Å². The Kier molecular flexibility index (Phi) is 4.16. The quantitative estimate of drug-likeness (QED) is 0.687. The standard InChI is InChI=1S/C20H25N7O/c1-13-4-14(2)27(24-13)20-5-19(21-11-22-20)26-8-16-6-25(7-17(16)9-26)10-18-15(3)28-12-23-18/h4-5,11-12,16-17H,6-10H2,1-3H3. The Bertz CT molecular complexity index is 980. The summed E-state index contributed by atoms with van der Waals surface area (Å²) < 4.78 is 7.22. The van der Waals surface area contributed by atoms with Gasteiger partial charge in [0.05, 0.1) is 11.4 Å². The van der Waals surface area contributed by atoms with Crippen molar-refractivity contribution in [2.45, 2.75) is 27.3 Å². The lowest BCUT2D eigenvalue weighted by Crippen LogP contribution is -2.29. The summed E-state index contributed by atoms with van der Waals surface area (Å²) in [5, 5.41) is 4.55. The van der Waals surface area contributed by atoms with Crippen LogP contribution in [0.2, 0.25) is 0 Å². The van der Waals surface area contributed by atoms with E-state index in [1.54, 1.807) is 12.7 Å². The highest BCUT2D eigenvalue weighted by Crippen LogP contribution is 2.34. The van der Waals surface area contributed by atoms with Crippen molar-refractivity contribution >= 4 is 5.82 Å². The molecule has 2 unspecified atom stereocenters. The second kappa shape index (κ2) is 6.70. The predicted molar refractivity (Wildman–Crippen MR) is 104 cm³/mol. The number of hydrogen-bond acceptors (Lipinski definition) is 7. The fourth-order valence-electron chi connectivity index (χ4n) is 4.59. The molecule has 0 N–H and O–H groups in total. The fraction of sp³-hybridized carbons (Fsp3) is 0.500. The van der Waals surface area contributed by atoms with Crippen molar-refractivity contribution < 1.29 is 4.42 Å². The van der Waals surface area contributed by atoms with E-state index in [-0.39, 0.29) is 0 Å². The van der Waals surface area contributed by atoms with Crippen LogP contribution in [0, 0.1) is 32.6 Å². The Morgan fingerprint density at radius 1 is 0.964 bits per heavy atom. The van der Waals surface area contributed by atoms with Gasteiger partial charge in [0.15, 0.2) is 12.2 Å². The van der Waals surface area contributed by atoms with Crippen LogP contribution in [0.4, 0.5) is 5.82 Å². The van der Waals surface area contributed by atoms with E-state index in [1.165, 1.54) is 0 Å². The predicted octanol–water partition coefficient (Wildman–Crippen LogP) is 2.14. The van der Waals surface area contributed by atoms with E-state index < -0.39 is 0 Å². The van der Waals surface area contributed by atoms with Gasteiger partial charge in [-0.3, -0.25) is 4.90 Å². The topological polar surface area (TPSA) is 76.1 Å². The lowest BCUT2D eigenvalue weighted by molar-refractivity contribution is 0.303. The highest BCUT2D eigenvalue weighted by molar-refractivity contribution is 5.45. The number of anilines is 1. The summed E-state index contributed by atoms with van der Waals surface area (Å²) in [7, 11) is 0. The molecule has 146 valence electrons. The molecule has 2 fully saturated rings. The summed E-state index contributed by atoms with van der Waals surface area (Å²) >= 11 is 0. The van der Waals surface area contributed by atoms with Gasteiger partial charge in [0.1, 0.15) is 17.9 Å². The molecule has 0 amide bonds. The van der Waals surface area contributed by atoms with Crippen LogP contribution in [0.5, 0.6) is 0 Å². The molecule has 2 aliphatic heterocycles. The van der Waals surface area contributed by atoms with E-state index in [0.717, 1.165) is 67.2 Å². The third kappa shape index (κ3) is 3.07. The SMILES string of the molecule is Cc1cc(C)n(-c2cc(N3CC4CN(Cc5ncoc5C)CC4C3)ncn2)n1. The Balaban J connectivity index is 1.27. The normalized spacial score (nSPS) is 22.2. The number of aryl methyl sites for hydroxylation is 3. The van der Waals surface area contributed by atoms with E-state index in [0.29, 0.717) is 11.8 Å². The monoisotopic (exact) mass is 379 g/mol. The van der Waals surface area contributed by atoms with Gasteiger partial charge in [0.2, 0.25) is 0 Å². The van der Waals surface area contributed by atoms with Gasteiger partial charge in [0, 0.05) is 44.5 Å². The number of aromatic nitrogens is 5. The maximum absolute atomic E-state index is 5.33. The van der Waals surface area contributed by atoms with Gasteiger partial charge in [-0.05, 0) is 38.7 Å². The third-order valence-corrected chi connectivity index (χ3v) is 5.97. The van der Waals surface area contributed by atoms with Crippen LogP contribution < -0.4 is 4.90 Å². The molecule has 5 rings (SSSR count). The first-order valence-corrected chi connectivity index (χ1v) is 9.79. The maximum Gasteiger partial charge on any atom is 0.181 e. The van der Waals surface area contributed by atoms with E-state index in [9.17, 15) is 0 Å². The third-order valence-electron chi connectivity index (χ3n) is 5.97. The average Bonchev–Trinajstić information content (AvgIpc) is 3.41. The first-order chi connectivity index (χ1) is 13.6. The van der Waals surface area contributed by atoms with Crippen LogP contribution in [-0.4, -0.2) is 55.8 Å². The molecule has 2 aliphatic rings. The Morgan fingerprint density at radius 2 is 1.71 bits per heavy atom. The molecule has 2 saturated heterocycles. The molecule has 0 bridgehead atoms. The van der Waals surface area contributed by atoms with Crippen LogP contribution in [0.1, 0.15) is 22.8 Å². The van der Waals surface area contributed by atoms with Crippen molar-refractivity contribution in [3.05, 3.63) is 47.7 Å². The molecule has 2 atom stereocenters. The van der Waals surface area contributed by atoms with Crippen molar-refractivity contribution in [3.63, 3.8) is 0 Å². The lowest BCUT2D eigenvalue weighted by atomic mass is 10.0. The van der Waals surface area contributed by atoms with E-state index in [2.05, 4.69) is 42.0 Å². The van der Waals surface area contributed by atoms with Gasteiger partial charge in [0.25, 0.3) is 0 Å². The summed E-state index contributed by atoms with van der Waals surface area (Å²) in [5.74, 6) is 4.08. The summed E-state index contributed by atoms with van der Waals surface area (Å²) in [6, 6.07) is 4.12. The molecular formula is C20H25N7O. The van der Waals surface area contributed by atoms with Gasteiger partial charge in [-0.1, -0.05) is 0 Å². The minimum Gasteiger partial charge on any atom is -0.448 e. The van der Waals surface area contributed by atoms with Gasteiger partial charge >= 0.3 is 0 Å². The first kappa shape index (κ1) is 17.4. The zero-order chi connectivity index (χ0) is 19.3. The van der Waals surface area contributed by atoms with Crippen LogP contribution in [0.15, 0.2) is 29.3 Å². The second-order valence-corrected chi connectivity index (χ2v) is 8.05. The number of hydrogen-bond donors (Lipinski definition) is 0. The minimum atomic E-state index is 0.666. The number of rotatable bonds is 4. The largest absolute Gasteiger partial charge is 0.448 e. The van der Waals surface area contributed by atoms with Crippen LogP contribution in [-0.2, 0) is 6.54 Å². The molecule has 0 aliphatic carbocycles. The Morgan fingerprint density at radius 3 is 2.36 bits per heavy atom. The van der Waals surface area contributed by atoms with Crippen LogP contribution in [0.3, 0.4) is 0 Å². The second-order valence-electron chi connectivity index (χ2n) is 8.05. The van der Waals surface area contributed by atoms with Crippen molar-refractivity contribution in [2.24, 2.45) is 11.8 Å². The molecule has 0 aromatic carbocycles. The van der Waals surface area contributed by atoms with Gasteiger partial charge in [-0.25, -0.2) is 19.6 Å². The molecular weight excluding hydrogens is 354 g/mol. The van der Waals surface area contributed by atoms with E-state index in [4.69, 9.17) is 4.42 Å².